The molecule has 160 valence electrons. The molecule has 1 aliphatic carbocycles. The summed E-state index contributed by atoms with van der Waals surface area (Å²) in [6, 6.07) is 7.29. The van der Waals surface area contributed by atoms with Crippen LogP contribution < -0.4 is 10.6 Å². The number of hydrogen-bond donors (Lipinski definition) is 1. The number of hydrogen-bond acceptors (Lipinski definition) is 5. The fraction of sp³-hybridized carbons (Fsp3) is 0.455. The third kappa shape index (κ3) is 5.75. The molecule has 0 bridgehead atoms. The summed E-state index contributed by atoms with van der Waals surface area (Å²) in [6.07, 6.45) is 4.53. The normalized spacial score (nSPS) is 13.2. The zero-order valence-corrected chi connectivity index (χ0v) is 17.0. The molecule has 1 aromatic carbocycles. The summed E-state index contributed by atoms with van der Waals surface area (Å²) < 4.78 is 18.5. The van der Waals surface area contributed by atoms with E-state index < -0.39 is 6.67 Å². The lowest BCUT2D eigenvalue weighted by Crippen LogP contribution is -2.33. The average Bonchev–Trinajstić information content (AvgIpc) is 3.47. The molecule has 3 rings (SSSR count). The average molecular weight is 414 g/mol. The van der Waals surface area contributed by atoms with Gasteiger partial charge in [-0.05, 0) is 43.9 Å². The van der Waals surface area contributed by atoms with E-state index in [-0.39, 0.29) is 23.8 Å². The summed E-state index contributed by atoms with van der Waals surface area (Å²) in [7, 11) is 0. The van der Waals surface area contributed by atoms with Gasteiger partial charge in [-0.2, -0.15) is 0 Å². The van der Waals surface area contributed by atoms with Crippen molar-refractivity contribution in [3.63, 3.8) is 0 Å². The number of aromatic nitrogens is 2. The number of rotatable bonds is 12. The third-order valence-electron chi connectivity index (χ3n) is 5.02. The first-order valence-corrected chi connectivity index (χ1v) is 10.3. The van der Waals surface area contributed by atoms with Gasteiger partial charge in [0.25, 0.3) is 5.91 Å². The summed E-state index contributed by atoms with van der Waals surface area (Å²) >= 11 is 0. The summed E-state index contributed by atoms with van der Waals surface area (Å²) in [5.74, 6) is 0.766. The van der Waals surface area contributed by atoms with Gasteiger partial charge in [0, 0.05) is 42.1 Å². The van der Waals surface area contributed by atoms with Gasteiger partial charge < -0.3 is 15.1 Å². The van der Waals surface area contributed by atoms with E-state index in [0.29, 0.717) is 49.2 Å². The van der Waals surface area contributed by atoms with E-state index in [1.807, 2.05) is 24.3 Å². The molecule has 2 N–H and O–H groups in total. The molecule has 1 aliphatic rings. The molecule has 1 heterocycles. The molecule has 2 aromatic rings. The second-order valence-corrected chi connectivity index (χ2v) is 7.55. The van der Waals surface area contributed by atoms with Crippen molar-refractivity contribution in [2.45, 2.75) is 50.9 Å². The minimum atomic E-state index is -0.636. The number of carbonyl (C=O) groups excluding carboxylic acids is 2. The van der Waals surface area contributed by atoms with Crippen molar-refractivity contribution < 1.29 is 18.4 Å². The highest BCUT2D eigenvalue weighted by Gasteiger charge is 2.29. The van der Waals surface area contributed by atoms with E-state index in [4.69, 9.17) is 10.2 Å². The molecule has 7 nitrogen and oxygen atoms in total. The van der Waals surface area contributed by atoms with E-state index in [1.54, 1.807) is 4.90 Å². The minimum Gasteiger partial charge on any atom is -0.420 e. The van der Waals surface area contributed by atoms with E-state index in [9.17, 15) is 14.0 Å². The number of unbranched alkanes of at least 4 members (excludes halogenated alkanes) is 2. The molecule has 0 atom stereocenters. The molecule has 8 heteroatoms. The van der Waals surface area contributed by atoms with Crippen molar-refractivity contribution in [2.75, 3.05) is 18.1 Å². The Labute approximate surface area is 175 Å². The van der Waals surface area contributed by atoms with Crippen LogP contribution in [0.3, 0.4) is 0 Å². The monoisotopic (exact) mass is 414 g/mol. The molecule has 0 aliphatic heterocycles. The molecule has 1 saturated carbocycles. The molecule has 0 saturated heterocycles. The lowest BCUT2D eigenvalue weighted by molar-refractivity contribution is -0.118. The van der Waals surface area contributed by atoms with Crippen LogP contribution >= 0.6 is 0 Å². The fourth-order valence-corrected chi connectivity index (χ4v) is 3.16. The molecule has 0 spiro atoms. The number of nitrogens with two attached hydrogens (primary N) is 1. The Morgan fingerprint density at radius 1 is 1.20 bits per heavy atom. The lowest BCUT2D eigenvalue weighted by Gasteiger charge is -2.24. The first kappa shape index (κ1) is 21.7. The summed E-state index contributed by atoms with van der Waals surface area (Å²) in [6.45, 7) is 3.52. The summed E-state index contributed by atoms with van der Waals surface area (Å²) in [5, 5.41) is 8.24. The number of amides is 2. The minimum absolute atomic E-state index is 0.00882. The van der Waals surface area contributed by atoms with Gasteiger partial charge in [-0.1, -0.05) is 19.1 Å². The Morgan fingerprint density at radius 2 is 2.00 bits per heavy atom. The Balaban J connectivity index is 1.76. The largest absolute Gasteiger partial charge is 0.420 e. The van der Waals surface area contributed by atoms with Gasteiger partial charge in [0.15, 0.2) is 0 Å². The van der Waals surface area contributed by atoms with Gasteiger partial charge in [0.05, 0.1) is 6.67 Å². The molecule has 0 radical (unpaired) electrons. The van der Waals surface area contributed by atoms with Crippen LogP contribution in [-0.4, -0.2) is 35.2 Å². The quantitative estimate of drug-likeness (QED) is 0.419. The summed E-state index contributed by atoms with van der Waals surface area (Å²) in [4.78, 5) is 25.4. The molecular weight excluding hydrogens is 387 g/mol. The third-order valence-corrected chi connectivity index (χ3v) is 5.02. The number of anilines is 1. The van der Waals surface area contributed by atoms with Gasteiger partial charge in [0.2, 0.25) is 17.7 Å². The van der Waals surface area contributed by atoms with Gasteiger partial charge in [-0.15, -0.1) is 10.2 Å². The fourth-order valence-electron chi connectivity index (χ4n) is 3.16. The van der Waals surface area contributed by atoms with Crippen LogP contribution in [-0.2, 0) is 9.59 Å². The Hall–Kier alpha value is -3.03. The van der Waals surface area contributed by atoms with Crippen molar-refractivity contribution in [2.24, 2.45) is 5.73 Å². The van der Waals surface area contributed by atoms with E-state index in [1.165, 1.54) is 0 Å². The van der Waals surface area contributed by atoms with E-state index in [2.05, 4.69) is 16.8 Å². The predicted molar refractivity (Wildman–Crippen MR) is 111 cm³/mol. The van der Waals surface area contributed by atoms with Gasteiger partial charge >= 0.3 is 0 Å². The SMILES string of the molecule is C=C(CCF)C(=O)N(CCCCCC(N)=O)c1cccc(-c2nnc(C3CC3)o2)c1. The second-order valence-electron chi connectivity index (χ2n) is 7.55. The predicted octanol–water partition coefficient (Wildman–Crippen LogP) is 3.91. The van der Waals surface area contributed by atoms with Crippen LogP contribution in [0.4, 0.5) is 10.1 Å². The zero-order valence-electron chi connectivity index (χ0n) is 17.0. The van der Waals surface area contributed by atoms with Gasteiger partial charge in [0.1, 0.15) is 0 Å². The molecule has 1 fully saturated rings. The van der Waals surface area contributed by atoms with Crippen molar-refractivity contribution in [3.8, 4) is 11.5 Å². The van der Waals surface area contributed by atoms with Crippen molar-refractivity contribution in [1.29, 1.82) is 0 Å². The van der Waals surface area contributed by atoms with Crippen LogP contribution in [0.2, 0.25) is 0 Å². The van der Waals surface area contributed by atoms with Crippen LogP contribution in [0.1, 0.15) is 56.8 Å². The first-order valence-electron chi connectivity index (χ1n) is 10.3. The topological polar surface area (TPSA) is 102 Å². The van der Waals surface area contributed by atoms with E-state index >= 15 is 0 Å². The first-order chi connectivity index (χ1) is 14.5. The van der Waals surface area contributed by atoms with Crippen molar-refractivity contribution >= 4 is 17.5 Å². The maximum Gasteiger partial charge on any atom is 0.253 e. The number of nitrogens with zero attached hydrogens (tertiary/aromatic N) is 3. The van der Waals surface area contributed by atoms with Gasteiger partial charge in [-0.3, -0.25) is 14.0 Å². The lowest BCUT2D eigenvalue weighted by atomic mass is 10.1. The maximum atomic E-state index is 12.9. The number of carbonyl (C=O) groups is 2. The Kier molecular flexibility index (Phi) is 7.32. The number of primary amides is 1. The Bertz CT molecular complexity index is 907. The second kappa shape index (κ2) is 10.1. The Morgan fingerprint density at radius 3 is 2.70 bits per heavy atom. The van der Waals surface area contributed by atoms with Gasteiger partial charge in [-0.25, -0.2) is 0 Å². The highest BCUT2D eigenvalue weighted by atomic mass is 19.1. The van der Waals surface area contributed by atoms with E-state index in [0.717, 1.165) is 24.8 Å². The smallest absolute Gasteiger partial charge is 0.253 e. The molecule has 0 unspecified atom stereocenters. The van der Waals surface area contributed by atoms with Crippen LogP contribution in [0.5, 0.6) is 0 Å². The van der Waals surface area contributed by atoms with Crippen LogP contribution in [0.25, 0.3) is 11.5 Å². The number of halogens is 1. The molecular formula is C22H27FN4O3. The maximum absolute atomic E-state index is 12.9. The summed E-state index contributed by atoms with van der Waals surface area (Å²) in [5.41, 5.74) is 6.76. The van der Waals surface area contributed by atoms with Crippen LogP contribution in [0, 0.1) is 0 Å². The molecule has 30 heavy (non-hydrogen) atoms. The molecule has 1 aromatic heterocycles. The standard InChI is InChI=1S/C22H27FN4O3/c1-15(11-12-23)22(29)27(13-4-2-3-8-19(24)28)18-7-5-6-17(14-18)21-26-25-20(30-21)16-9-10-16/h5-7,14,16H,1-4,8-13H2,(H2,24,28). The van der Waals surface area contributed by atoms with Crippen molar-refractivity contribution in [1.82, 2.24) is 10.2 Å². The van der Waals surface area contributed by atoms with Crippen LogP contribution in [0.15, 0.2) is 40.8 Å². The zero-order chi connectivity index (χ0) is 21.5. The number of benzene rings is 1. The molecule has 2 amide bonds. The van der Waals surface area contributed by atoms with Crippen molar-refractivity contribution in [3.05, 3.63) is 42.3 Å². The number of alkyl halides is 1. The highest BCUT2D eigenvalue weighted by Crippen LogP contribution is 2.40. The highest BCUT2D eigenvalue weighted by molar-refractivity contribution is 6.05.